The van der Waals surface area contributed by atoms with E-state index in [0.717, 1.165) is 15.4 Å². The van der Waals surface area contributed by atoms with Gasteiger partial charge in [0.1, 0.15) is 12.2 Å². The van der Waals surface area contributed by atoms with E-state index in [1.54, 1.807) is 45.0 Å². The molecule has 1 aromatic carbocycles. The molecule has 1 saturated heterocycles. The highest BCUT2D eigenvalue weighted by atomic mass is 16.6. The topological polar surface area (TPSA) is 117 Å². The summed E-state index contributed by atoms with van der Waals surface area (Å²) >= 11 is 0. The molecule has 2 amide bonds. The number of hydrogen-bond acceptors (Lipinski definition) is 6. The number of β-amino-alcohol motifs (C(OH)–C–C–N with tert-alkyl or cyclic N) is 1. The summed E-state index contributed by atoms with van der Waals surface area (Å²) in [5.41, 5.74) is -0.0837. The maximum absolute atomic E-state index is 12.3. The maximum atomic E-state index is 12.3. The van der Waals surface area contributed by atoms with Crippen molar-refractivity contribution in [3.8, 4) is 0 Å². The highest BCUT2D eigenvalue weighted by Crippen LogP contribution is 2.20. The Balaban J connectivity index is 2.05. The van der Waals surface area contributed by atoms with E-state index in [0.29, 0.717) is 0 Å². The van der Waals surface area contributed by atoms with Crippen LogP contribution in [0.15, 0.2) is 30.3 Å². The summed E-state index contributed by atoms with van der Waals surface area (Å²) in [5, 5.41) is 19.7. The number of nitrogens with zero attached hydrogens (tertiary/aromatic N) is 2. The number of aliphatic carboxylic acids is 1. The van der Waals surface area contributed by atoms with Gasteiger partial charge in [-0.2, -0.15) is 0 Å². The minimum absolute atomic E-state index is 0.0137. The number of carbonyl (C=O) groups is 3. The Kier molecular flexibility index (Phi) is 6.27. The molecular weight excluding hydrogens is 356 g/mol. The molecule has 1 aliphatic heterocycles. The lowest BCUT2D eigenvalue weighted by atomic mass is 10.1. The molecular formula is C18H24N2O7. The SMILES string of the molecule is CC(C)(C)OC(=O)N1C(O)CN(C(=O)OCc2ccccc2)C[C@H]1C(=O)O. The number of amides is 2. The normalized spacial score (nSPS) is 20.1. The predicted molar refractivity (Wildman–Crippen MR) is 93.7 cm³/mol. The van der Waals surface area contributed by atoms with E-state index >= 15 is 0 Å². The minimum Gasteiger partial charge on any atom is -0.480 e. The lowest BCUT2D eigenvalue weighted by molar-refractivity contribution is -0.154. The van der Waals surface area contributed by atoms with Gasteiger partial charge < -0.3 is 24.6 Å². The summed E-state index contributed by atoms with van der Waals surface area (Å²) < 4.78 is 10.3. The lowest BCUT2D eigenvalue weighted by Gasteiger charge is -2.42. The number of hydrogen-bond donors (Lipinski definition) is 2. The van der Waals surface area contributed by atoms with Crippen molar-refractivity contribution in [1.82, 2.24) is 9.80 Å². The zero-order valence-electron chi connectivity index (χ0n) is 15.5. The maximum Gasteiger partial charge on any atom is 0.413 e. The van der Waals surface area contributed by atoms with E-state index in [4.69, 9.17) is 9.47 Å². The van der Waals surface area contributed by atoms with Gasteiger partial charge in [-0.15, -0.1) is 0 Å². The highest BCUT2D eigenvalue weighted by Gasteiger charge is 2.44. The molecule has 148 valence electrons. The fourth-order valence-electron chi connectivity index (χ4n) is 2.58. The Labute approximate surface area is 157 Å². The van der Waals surface area contributed by atoms with Crippen molar-refractivity contribution in [1.29, 1.82) is 0 Å². The average molecular weight is 380 g/mol. The Morgan fingerprint density at radius 1 is 1.11 bits per heavy atom. The van der Waals surface area contributed by atoms with Crippen molar-refractivity contribution < 1.29 is 34.1 Å². The molecule has 0 bridgehead atoms. The number of piperazine rings is 1. The number of benzene rings is 1. The zero-order valence-corrected chi connectivity index (χ0v) is 15.5. The predicted octanol–water partition coefficient (Wildman–Crippen LogP) is 1.65. The smallest absolute Gasteiger partial charge is 0.413 e. The van der Waals surface area contributed by atoms with Crippen LogP contribution in [-0.2, 0) is 20.9 Å². The van der Waals surface area contributed by atoms with E-state index in [1.807, 2.05) is 6.07 Å². The number of carboxylic acid groups (broad SMARTS) is 1. The van der Waals surface area contributed by atoms with Crippen LogP contribution in [0.1, 0.15) is 26.3 Å². The molecule has 1 heterocycles. The van der Waals surface area contributed by atoms with Gasteiger partial charge in [-0.05, 0) is 26.3 Å². The van der Waals surface area contributed by atoms with Crippen LogP contribution in [0.3, 0.4) is 0 Å². The van der Waals surface area contributed by atoms with Crippen LogP contribution >= 0.6 is 0 Å². The fourth-order valence-corrected chi connectivity index (χ4v) is 2.58. The molecule has 2 rings (SSSR count). The van der Waals surface area contributed by atoms with Crippen LogP contribution in [0.5, 0.6) is 0 Å². The zero-order chi connectivity index (χ0) is 20.2. The molecule has 1 aromatic rings. The van der Waals surface area contributed by atoms with Crippen molar-refractivity contribution in [2.45, 2.75) is 45.2 Å². The Bertz CT molecular complexity index is 687. The molecule has 0 saturated carbocycles. The molecule has 27 heavy (non-hydrogen) atoms. The number of carbonyl (C=O) groups excluding carboxylic acids is 2. The Morgan fingerprint density at radius 2 is 1.74 bits per heavy atom. The molecule has 0 spiro atoms. The van der Waals surface area contributed by atoms with Crippen LogP contribution in [0.4, 0.5) is 9.59 Å². The molecule has 0 radical (unpaired) electrons. The first-order valence-electron chi connectivity index (χ1n) is 8.46. The van der Waals surface area contributed by atoms with Crippen molar-refractivity contribution >= 4 is 18.2 Å². The second kappa shape index (κ2) is 8.26. The van der Waals surface area contributed by atoms with E-state index in [2.05, 4.69) is 0 Å². The van der Waals surface area contributed by atoms with Gasteiger partial charge >= 0.3 is 18.2 Å². The van der Waals surface area contributed by atoms with E-state index in [-0.39, 0.29) is 19.7 Å². The first-order chi connectivity index (χ1) is 12.6. The summed E-state index contributed by atoms with van der Waals surface area (Å²) in [6.45, 7) is 4.30. The van der Waals surface area contributed by atoms with Gasteiger partial charge in [0, 0.05) is 0 Å². The molecule has 1 fully saturated rings. The van der Waals surface area contributed by atoms with Crippen molar-refractivity contribution in [2.24, 2.45) is 0 Å². The number of carboxylic acids is 1. The molecule has 2 atom stereocenters. The standard InChI is InChI=1S/C18H24N2O7/c1-18(2,3)27-17(25)20-13(15(22)23)9-19(10-14(20)21)16(24)26-11-12-7-5-4-6-8-12/h4-8,13-14,21H,9-11H2,1-3H3,(H,22,23)/t13-,14?/m0/s1. The number of ether oxygens (including phenoxy) is 2. The first-order valence-corrected chi connectivity index (χ1v) is 8.46. The van der Waals surface area contributed by atoms with Crippen LogP contribution in [0, 0.1) is 0 Å². The molecule has 9 heteroatoms. The second-order valence-corrected chi connectivity index (χ2v) is 7.17. The molecule has 1 aliphatic rings. The third-order valence-electron chi connectivity index (χ3n) is 3.79. The summed E-state index contributed by atoms with van der Waals surface area (Å²) in [6.07, 6.45) is -3.26. The molecule has 0 aliphatic carbocycles. The first kappa shape index (κ1) is 20.5. The molecule has 1 unspecified atom stereocenters. The van der Waals surface area contributed by atoms with Gasteiger partial charge in [0.25, 0.3) is 0 Å². The quantitative estimate of drug-likeness (QED) is 0.819. The van der Waals surface area contributed by atoms with E-state index in [9.17, 15) is 24.6 Å². The number of rotatable bonds is 3. The lowest BCUT2D eigenvalue weighted by Crippen LogP contribution is -2.64. The van der Waals surface area contributed by atoms with Crippen LogP contribution < -0.4 is 0 Å². The van der Waals surface area contributed by atoms with Gasteiger partial charge in [-0.25, -0.2) is 14.4 Å². The fraction of sp³-hybridized carbons (Fsp3) is 0.500. The monoisotopic (exact) mass is 380 g/mol. The van der Waals surface area contributed by atoms with Gasteiger partial charge in [0.15, 0.2) is 12.3 Å². The van der Waals surface area contributed by atoms with Crippen molar-refractivity contribution in [2.75, 3.05) is 13.1 Å². The Morgan fingerprint density at radius 3 is 2.30 bits per heavy atom. The largest absolute Gasteiger partial charge is 0.480 e. The van der Waals surface area contributed by atoms with Crippen LogP contribution in [-0.4, -0.2) is 69.1 Å². The summed E-state index contributed by atoms with van der Waals surface area (Å²) in [7, 11) is 0. The van der Waals surface area contributed by atoms with Gasteiger partial charge in [-0.3, -0.25) is 4.90 Å². The summed E-state index contributed by atoms with van der Waals surface area (Å²) in [6, 6.07) is 7.54. The van der Waals surface area contributed by atoms with Gasteiger partial charge in [0.2, 0.25) is 0 Å². The van der Waals surface area contributed by atoms with Gasteiger partial charge in [0.05, 0.1) is 13.1 Å². The van der Waals surface area contributed by atoms with E-state index in [1.165, 1.54) is 0 Å². The summed E-state index contributed by atoms with van der Waals surface area (Å²) in [4.78, 5) is 37.9. The van der Waals surface area contributed by atoms with Crippen LogP contribution in [0.2, 0.25) is 0 Å². The second-order valence-electron chi connectivity index (χ2n) is 7.17. The van der Waals surface area contributed by atoms with Crippen molar-refractivity contribution in [3.63, 3.8) is 0 Å². The average Bonchev–Trinajstić information content (AvgIpc) is 2.58. The molecule has 2 N–H and O–H groups in total. The molecule has 0 aromatic heterocycles. The van der Waals surface area contributed by atoms with Gasteiger partial charge in [-0.1, -0.05) is 30.3 Å². The number of aliphatic hydroxyl groups is 1. The van der Waals surface area contributed by atoms with Crippen LogP contribution in [0.25, 0.3) is 0 Å². The van der Waals surface area contributed by atoms with Crippen molar-refractivity contribution in [3.05, 3.63) is 35.9 Å². The third kappa shape index (κ3) is 5.58. The van der Waals surface area contributed by atoms with E-state index < -0.39 is 36.0 Å². The molecule has 9 nitrogen and oxygen atoms in total. The minimum atomic E-state index is -1.53. The number of aliphatic hydroxyl groups excluding tert-OH is 1. The Hall–Kier alpha value is -2.81. The third-order valence-corrected chi connectivity index (χ3v) is 3.79. The summed E-state index contributed by atoms with van der Waals surface area (Å²) in [5.74, 6) is -1.36. The highest BCUT2D eigenvalue weighted by molar-refractivity contribution is 5.82.